The molecule has 124 valence electrons. The van der Waals surface area contributed by atoms with E-state index in [1.807, 2.05) is 29.2 Å². The summed E-state index contributed by atoms with van der Waals surface area (Å²) in [5.74, 6) is -0.804. The third-order valence-electron chi connectivity index (χ3n) is 5.53. The molecule has 1 heterocycles. The van der Waals surface area contributed by atoms with Gasteiger partial charge in [-0.25, -0.2) is 0 Å². The van der Waals surface area contributed by atoms with Crippen molar-refractivity contribution >= 4 is 11.9 Å². The van der Waals surface area contributed by atoms with Crippen LogP contribution in [0.25, 0.3) is 0 Å². The maximum atomic E-state index is 12.6. The maximum absolute atomic E-state index is 12.6. The van der Waals surface area contributed by atoms with Crippen LogP contribution < -0.4 is 0 Å². The quantitative estimate of drug-likeness (QED) is 0.911. The van der Waals surface area contributed by atoms with Gasteiger partial charge in [-0.05, 0) is 47.8 Å². The Bertz CT molecular complexity index is 619. The van der Waals surface area contributed by atoms with E-state index in [0.717, 1.165) is 24.8 Å². The summed E-state index contributed by atoms with van der Waals surface area (Å²) in [6.45, 7) is 7.81. The third kappa shape index (κ3) is 2.99. The molecule has 1 aromatic carbocycles. The Labute approximate surface area is 137 Å². The van der Waals surface area contributed by atoms with Crippen molar-refractivity contribution in [3.8, 4) is 0 Å². The zero-order valence-corrected chi connectivity index (χ0v) is 14.1. The lowest BCUT2D eigenvalue weighted by Crippen LogP contribution is -2.40. The molecule has 1 aliphatic carbocycles. The Hall–Kier alpha value is -1.84. The number of carbonyl (C=O) groups excluding carboxylic acids is 1. The minimum Gasteiger partial charge on any atom is -0.481 e. The molecule has 2 aliphatic rings. The van der Waals surface area contributed by atoms with Crippen molar-refractivity contribution in [3.63, 3.8) is 0 Å². The molecule has 1 saturated carbocycles. The van der Waals surface area contributed by atoms with Crippen LogP contribution in [0.15, 0.2) is 24.3 Å². The van der Waals surface area contributed by atoms with Gasteiger partial charge in [0.25, 0.3) is 5.91 Å². The van der Waals surface area contributed by atoms with Crippen molar-refractivity contribution in [2.75, 3.05) is 13.1 Å². The lowest BCUT2D eigenvalue weighted by atomic mass is 9.86. The standard InChI is InChI=1S/C19H25NO3/c1-18(2,3)14-6-4-13(5-7-14)16(21)20-10-8-19(9-11-20)12-15(19)17(22)23/h4-7,15H,8-12H2,1-3H3,(H,22,23). The summed E-state index contributed by atoms with van der Waals surface area (Å²) in [5.41, 5.74) is 1.99. The van der Waals surface area contributed by atoms with Gasteiger partial charge < -0.3 is 10.0 Å². The zero-order valence-electron chi connectivity index (χ0n) is 14.1. The number of rotatable bonds is 2. The number of carboxylic acids is 1. The molecule has 0 bridgehead atoms. The molecule has 1 aliphatic heterocycles. The first-order valence-corrected chi connectivity index (χ1v) is 8.36. The molecule has 1 spiro atoms. The number of hydrogen-bond acceptors (Lipinski definition) is 2. The van der Waals surface area contributed by atoms with Gasteiger partial charge >= 0.3 is 5.97 Å². The Kier molecular flexibility index (Phi) is 3.74. The van der Waals surface area contributed by atoms with Crippen LogP contribution in [0.2, 0.25) is 0 Å². The molecule has 1 saturated heterocycles. The largest absolute Gasteiger partial charge is 0.481 e. The predicted molar refractivity (Wildman–Crippen MR) is 88.5 cm³/mol. The van der Waals surface area contributed by atoms with E-state index in [2.05, 4.69) is 20.8 Å². The van der Waals surface area contributed by atoms with E-state index in [1.54, 1.807) is 0 Å². The Morgan fingerprint density at radius 3 is 2.13 bits per heavy atom. The molecule has 1 amide bonds. The van der Waals surface area contributed by atoms with E-state index in [9.17, 15) is 9.59 Å². The van der Waals surface area contributed by atoms with Gasteiger partial charge in [0.2, 0.25) is 0 Å². The van der Waals surface area contributed by atoms with Crippen LogP contribution in [-0.4, -0.2) is 35.0 Å². The first kappa shape index (κ1) is 16.0. The van der Waals surface area contributed by atoms with Crippen LogP contribution in [0.4, 0.5) is 0 Å². The average molecular weight is 315 g/mol. The molecule has 2 fully saturated rings. The van der Waals surface area contributed by atoms with Gasteiger partial charge in [0.15, 0.2) is 0 Å². The topological polar surface area (TPSA) is 57.6 Å². The van der Waals surface area contributed by atoms with E-state index < -0.39 is 5.97 Å². The van der Waals surface area contributed by atoms with Crippen molar-refractivity contribution in [1.82, 2.24) is 4.90 Å². The van der Waals surface area contributed by atoms with Crippen LogP contribution in [0.1, 0.15) is 56.0 Å². The van der Waals surface area contributed by atoms with Crippen LogP contribution in [0, 0.1) is 11.3 Å². The Morgan fingerprint density at radius 1 is 1.13 bits per heavy atom. The van der Waals surface area contributed by atoms with Crippen molar-refractivity contribution in [2.24, 2.45) is 11.3 Å². The molecule has 1 N–H and O–H groups in total. The summed E-state index contributed by atoms with van der Waals surface area (Å²) >= 11 is 0. The minimum atomic E-state index is -0.678. The van der Waals surface area contributed by atoms with E-state index >= 15 is 0 Å². The molecule has 3 rings (SSSR count). The molecule has 1 atom stereocenters. The Balaban J connectivity index is 1.63. The zero-order chi connectivity index (χ0) is 16.8. The second-order valence-electron chi connectivity index (χ2n) is 8.08. The van der Waals surface area contributed by atoms with Gasteiger partial charge in [-0.1, -0.05) is 32.9 Å². The summed E-state index contributed by atoms with van der Waals surface area (Å²) in [6, 6.07) is 7.87. The molecular weight excluding hydrogens is 290 g/mol. The van der Waals surface area contributed by atoms with Crippen molar-refractivity contribution in [1.29, 1.82) is 0 Å². The first-order valence-electron chi connectivity index (χ1n) is 8.36. The second kappa shape index (κ2) is 5.36. The van der Waals surface area contributed by atoms with E-state index in [0.29, 0.717) is 13.1 Å². The fraction of sp³-hybridized carbons (Fsp3) is 0.579. The van der Waals surface area contributed by atoms with Gasteiger partial charge in [0, 0.05) is 18.7 Å². The molecular formula is C19H25NO3. The van der Waals surface area contributed by atoms with E-state index in [4.69, 9.17) is 5.11 Å². The van der Waals surface area contributed by atoms with Crippen LogP contribution in [0.5, 0.6) is 0 Å². The highest BCUT2D eigenvalue weighted by Gasteiger charge is 2.59. The first-order chi connectivity index (χ1) is 10.7. The highest BCUT2D eigenvalue weighted by Crippen LogP contribution is 2.59. The summed E-state index contributed by atoms with van der Waals surface area (Å²) in [4.78, 5) is 25.6. The van der Waals surface area contributed by atoms with Crippen molar-refractivity contribution in [3.05, 3.63) is 35.4 Å². The number of nitrogens with zero attached hydrogens (tertiary/aromatic N) is 1. The van der Waals surface area contributed by atoms with Gasteiger partial charge in [-0.15, -0.1) is 0 Å². The maximum Gasteiger partial charge on any atom is 0.307 e. The lowest BCUT2D eigenvalue weighted by molar-refractivity contribution is -0.139. The molecule has 1 aromatic rings. The molecule has 4 heteroatoms. The molecule has 0 aromatic heterocycles. The summed E-state index contributed by atoms with van der Waals surface area (Å²) < 4.78 is 0. The summed E-state index contributed by atoms with van der Waals surface area (Å²) in [5, 5.41) is 9.13. The van der Waals surface area contributed by atoms with Crippen LogP contribution in [0.3, 0.4) is 0 Å². The smallest absolute Gasteiger partial charge is 0.307 e. The number of carboxylic acid groups (broad SMARTS) is 1. The van der Waals surface area contributed by atoms with Gasteiger partial charge in [0.1, 0.15) is 0 Å². The average Bonchev–Trinajstić information content (AvgIpc) is 3.21. The SMILES string of the molecule is CC(C)(C)c1ccc(C(=O)N2CCC3(CC2)CC3C(=O)O)cc1. The Morgan fingerprint density at radius 2 is 1.70 bits per heavy atom. The fourth-order valence-corrected chi connectivity index (χ4v) is 3.70. The summed E-state index contributed by atoms with van der Waals surface area (Å²) in [7, 11) is 0. The predicted octanol–water partition coefficient (Wildman–Crippen LogP) is 3.31. The molecule has 4 nitrogen and oxygen atoms in total. The third-order valence-corrected chi connectivity index (χ3v) is 5.53. The lowest BCUT2D eigenvalue weighted by Gasteiger charge is -2.32. The number of aliphatic carboxylic acids is 1. The van der Waals surface area contributed by atoms with Crippen LogP contribution in [-0.2, 0) is 10.2 Å². The molecule has 0 radical (unpaired) electrons. The molecule has 23 heavy (non-hydrogen) atoms. The van der Waals surface area contributed by atoms with E-state index in [-0.39, 0.29) is 22.7 Å². The van der Waals surface area contributed by atoms with Crippen molar-refractivity contribution < 1.29 is 14.7 Å². The van der Waals surface area contributed by atoms with Gasteiger partial charge in [-0.3, -0.25) is 9.59 Å². The number of hydrogen-bond donors (Lipinski definition) is 1. The monoisotopic (exact) mass is 315 g/mol. The number of likely N-dealkylation sites (tertiary alicyclic amines) is 1. The highest BCUT2D eigenvalue weighted by atomic mass is 16.4. The van der Waals surface area contributed by atoms with Crippen molar-refractivity contribution in [2.45, 2.75) is 45.4 Å². The van der Waals surface area contributed by atoms with Gasteiger partial charge in [0.05, 0.1) is 5.92 Å². The normalized spacial score (nSPS) is 22.9. The number of benzene rings is 1. The van der Waals surface area contributed by atoms with Gasteiger partial charge in [-0.2, -0.15) is 0 Å². The summed E-state index contributed by atoms with van der Waals surface area (Å²) in [6.07, 6.45) is 2.41. The van der Waals surface area contributed by atoms with Crippen LogP contribution >= 0.6 is 0 Å². The highest BCUT2D eigenvalue weighted by molar-refractivity contribution is 5.94. The number of amides is 1. The molecule has 1 unspecified atom stereocenters. The minimum absolute atomic E-state index is 0.0291. The number of piperidine rings is 1. The number of carbonyl (C=O) groups is 2. The van der Waals surface area contributed by atoms with E-state index in [1.165, 1.54) is 5.56 Å². The second-order valence-corrected chi connectivity index (χ2v) is 8.08. The fourth-order valence-electron chi connectivity index (χ4n) is 3.70.